The van der Waals surface area contributed by atoms with Gasteiger partial charge in [-0.15, -0.1) is 0 Å². The van der Waals surface area contributed by atoms with Crippen molar-refractivity contribution in [2.45, 2.75) is 26.7 Å². The van der Waals surface area contributed by atoms with Gasteiger partial charge in [0, 0.05) is 23.9 Å². The van der Waals surface area contributed by atoms with Crippen molar-refractivity contribution in [2.24, 2.45) is 5.92 Å². The van der Waals surface area contributed by atoms with E-state index in [0.29, 0.717) is 18.2 Å². The zero-order valence-corrected chi connectivity index (χ0v) is 14.0. The van der Waals surface area contributed by atoms with Crippen LogP contribution in [0.3, 0.4) is 0 Å². The Morgan fingerprint density at radius 1 is 1.25 bits per heavy atom. The molecule has 0 atom stereocenters. The highest BCUT2D eigenvalue weighted by Crippen LogP contribution is 2.27. The van der Waals surface area contributed by atoms with Gasteiger partial charge in [-0.1, -0.05) is 13.8 Å². The van der Waals surface area contributed by atoms with Gasteiger partial charge in [-0.3, -0.25) is 0 Å². The summed E-state index contributed by atoms with van der Waals surface area (Å²) in [6.45, 7) is 4.88. The van der Waals surface area contributed by atoms with E-state index in [-0.39, 0.29) is 6.61 Å². The molecule has 0 amide bonds. The Labute approximate surface area is 141 Å². The van der Waals surface area contributed by atoms with Gasteiger partial charge in [-0.2, -0.15) is 0 Å². The van der Waals surface area contributed by atoms with Crippen molar-refractivity contribution < 1.29 is 9.52 Å². The number of hydrogen-bond donors (Lipinski definition) is 2. The molecule has 0 aliphatic carbocycles. The molecule has 0 aliphatic rings. The van der Waals surface area contributed by atoms with E-state index >= 15 is 0 Å². The van der Waals surface area contributed by atoms with Gasteiger partial charge in [0.2, 0.25) is 0 Å². The number of oxazole rings is 1. The second-order valence-corrected chi connectivity index (χ2v) is 6.17. The monoisotopic (exact) mass is 326 g/mol. The molecule has 0 saturated heterocycles. The van der Waals surface area contributed by atoms with Gasteiger partial charge in [-0.05, 0) is 30.5 Å². The molecule has 1 aromatic carbocycles. The van der Waals surface area contributed by atoms with Gasteiger partial charge >= 0.3 is 0 Å². The minimum absolute atomic E-state index is 0.0502. The van der Waals surface area contributed by atoms with Crippen LogP contribution in [0.2, 0.25) is 0 Å². The highest BCUT2D eigenvalue weighted by atomic mass is 16.3. The molecule has 0 aliphatic heterocycles. The van der Waals surface area contributed by atoms with Gasteiger partial charge in [0.25, 0.3) is 0 Å². The largest absolute Gasteiger partial charge is 0.444 e. The molecule has 2 N–H and O–H groups in total. The molecule has 0 bridgehead atoms. The second-order valence-electron chi connectivity index (χ2n) is 6.17. The minimum atomic E-state index is 0.0502. The quantitative estimate of drug-likeness (QED) is 0.693. The van der Waals surface area contributed by atoms with E-state index in [9.17, 15) is 0 Å². The molecule has 0 spiro atoms. The Balaban J connectivity index is 2.02. The average molecular weight is 326 g/mol. The summed E-state index contributed by atoms with van der Waals surface area (Å²) >= 11 is 0. The molecule has 3 aromatic rings. The van der Waals surface area contributed by atoms with Gasteiger partial charge in [0.1, 0.15) is 11.6 Å². The molecule has 0 fully saturated rings. The normalized spacial score (nSPS) is 11.3. The predicted molar refractivity (Wildman–Crippen MR) is 93.8 cm³/mol. The Bertz CT molecular complexity index is 800. The first-order valence-corrected chi connectivity index (χ1v) is 8.21. The highest BCUT2D eigenvalue weighted by molar-refractivity contribution is 5.92. The molecule has 24 heavy (non-hydrogen) atoms. The summed E-state index contributed by atoms with van der Waals surface area (Å²) in [6, 6.07) is 5.93. The van der Waals surface area contributed by atoms with Gasteiger partial charge < -0.3 is 14.8 Å². The average Bonchev–Trinajstić information content (AvgIpc) is 3.12. The first kappa shape index (κ1) is 16.4. The molecule has 6 nitrogen and oxygen atoms in total. The molecule has 0 saturated carbocycles. The third kappa shape index (κ3) is 3.71. The lowest BCUT2D eigenvalue weighted by molar-refractivity contribution is 0.311. The summed E-state index contributed by atoms with van der Waals surface area (Å²) in [6.07, 6.45) is 4.97. The number of nitrogens with one attached hydrogen (secondary N) is 1. The summed E-state index contributed by atoms with van der Waals surface area (Å²) in [4.78, 5) is 13.3. The van der Waals surface area contributed by atoms with Gasteiger partial charge in [0.15, 0.2) is 12.2 Å². The molecule has 2 aromatic heterocycles. The molecule has 2 heterocycles. The number of hydrogen-bond acceptors (Lipinski definition) is 6. The van der Waals surface area contributed by atoms with E-state index in [1.807, 2.05) is 18.2 Å². The van der Waals surface area contributed by atoms with Crippen molar-refractivity contribution >= 4 is 16.7 Å². The topological polar surface area (TPSA) is 84.1 Å². The van der Waals surface area contributed by atoms with Crippen molar-refractivity contribution in [2.75, 3.05) is 18.5 Å². The lowest BCUT2D eigenvalue weighted by Gasteiger charge is -2.11. The number of aliphatic hydroxyl groups is 1. The maximum Gasteiger partial charge on any atom is 0.181 e. The standard InChI is InChI=1S/C18H22N4O2/c1-12(2)3-6-17-21-15-5-4-13(16-10-19-11-24-16)9-14(15)18(22-17)20-7-8-23/h4-5,9-12,23H,3,6-8H2,1-2H3,(H,20,21,22). The van der Waals surface area contributed by atoms with Crippen LogP contribution in [-0.4, -0.2) is 33.2 Å². The van der Waals surface area contributed by atoms with Gasteiger partial charge in [0.05, 0.1) is 18.3 Å². The number of aliphatic hydroxyl groups excluding tert-OH is 1. The number of benzene rings is 1. The molecule has 0 radical (unpaired) electrons. The SMILES string of the molecule is CC(C)CCc1nc(NCCO)c2cc(-c3cnco3)ccc2n1. The Morgan fingerprint density at radius 2 is 2.12 bits per heavy atom. The maximum absolute atomic E-state index is 9.12. The fourth-order valence-electron chi connectivity index (χ4n) is 2.53. The van der Waals surface area contributed by atoms with Crippen molar-refractivity contribution in [3.63, 3.8) is 0 Å². The van der Waals surface area contributed by atoms with E-state index in [4.69, 9.17) is 9.52 Å². The van der Waals surface area contributed by atoms with Crippen molar-refractivity contribution in [1.82, 2.24) is 15.0 Å². The van der Waals surface area contributed by atoms with E-state index < -0.39 is 0 Å². The number of rotatable bonds is 7. The summed E-state index contributed by atoms with van der Waals surface area (Å²) < 4.78 is 5.37. The van der Waals surface area contributed by atoms with Gasteiger partial charge in [-0.25, -0.2) is 15.0 Å². The predicted octanol–water partition coefficient (Wildman–Crippen LogP) is 3.28. The highest BCUT2D eigenvalue weighted by Gasteiger charge is 2.11. The number of anilines is 1. The summed E-state index contributed by atoms with van der Waals surface area (Å²) in [5.74, 6) is 2.87. The van der Waals surface area contributed by atoms with Crippen molar-refractivity contribution in [3.8, 4) is 11.3 Å². The molecular formula is C18H22N4O2. The molecule has 3 rings (SSSR count). The van der Waals surface area contributed by atoms with Crippen LogP contribution in [0.1, 0.15) is 26.1 Å². The van der Waals surface area contributed by atoms with Crippen molar-refractivity contribution in [3.05, 3.63) is 36.6 Å². The maximum atomic E-state index is 9.12. The van der Waals surface area contributed by atoms with Crippen LogP contribution >= 0.6 is 0 Å². The lowest BCUT2D eigenvalue weighted by atomic mass is 10.1. The second kappa shape index (κ2) is 7.40. The van der Waals surface area contributed by atoms with E-state index in [2.05, 4.69) is 34.1 Å². The van der Waals surface area contributed by atoms with Crippen LogP contribution in [0.15, 0.2) is 35.2 Å². The fraction of sp³-hybridized carbons (Fsp3) is 0.389. The fourth-order valence-corrected chi connectivity index (χ4v) is 2.53. The summed E-state index contributed by atoms with van der Waals surface area (Å²) in [5, 5.41) is 13.2. The Hall–Kier alpha value is -2.47. The van der Waals surface area contributed by atoms with E-state index in [0.717, 1.165) is 41.0 Å². The summed E-state index contributed by atoms with van der Waals surface area (Å²) in [5.41, 5.74) is 1.80. The number of fused-ring (bicyclic) bond motifs is 1. The van der Waals surface area contributed by atoms with Crippen LogP contribution < -0.4 is 5.32 Å². The minimum Gasteiger partial charge on any atom is -0.444 e. The summed E-state index contributed by atoms with van der Waals surface area (Å²) in [7, 11) is 0. The first-order valence-electron chi connectivity index (χ1n) is 8.21. The Kier molecular flexibility index (Phi) is 5.05. The zero-order chi connectivity index (χ0) is 16.9. The van der Waals surface area contributed by atoms with Crippen LogP contribution in [-0.2, 0) is 6.42 Å². The molecule has 0 unspecified atom stereocenters. The van der Waals surface area contributed by atoms with Crippen LogP contribution in [0.25, 0.3) is 22.2 Å². The molecule has 126 valence electrons. The number of aryl methyl sites for hydroxylation is 1. The number of aromatic nitrogens is 3. The van der Waals surface area contributed by atoms with Crippen molar-refractivity contribution in [1.29, 1.82) is 0 Å². The lowest BCUT2D eigenvalue weighted by Crippen LogP contribution is -2.10. The number of nitrogens with zero attached hydrogens (tertiary/aromatic N) is 3. The van der Waals surface area contributed by atoms with Crippen LogP contribution in [0.4, 0.5) is 5.82 Å². The van der Waals surface area contributed by atoms with Crippen LogP contribution in [0, 0.1) is 5.92 Å². The van der Waals surface area contributed by atoms with E-state index in [1.165, 1.54) is 6.39 Å². The smallest absolute Gasteiger partial charge is 0.181 e. The third-order valence-electron chi connectivity index (χ3n) is 3.81. The molecule has 6 heteroatoms. The molecular weight excluding hydrogens is 304 g/mol. The van der Waals surface area contributed by atoms with Crippen LogP contribution in [0.5, 0.6) is 0 Å². The Morgan fingerprint density at radius 3 is 2.83 bits per heavy atom. The van der Waals surface area contributed by atoms with E-state index in [1.54, 1.807) is 6.20 Å². The zero-order valence-electron chi connectivity index (χ0n) is 14.0. The third-order valence-corrected chi connectivity index (χ3v) is 3.81. The first-order chi connectivity index (χ1) is 11.7.